The van der Waals surface area contributed by atoms with E-state index in [0.717, 1.165) is 0 Å². The van der Waals surface area contributed by atoms with Crippen LogP contribution in [0.4, 0.5) is 4.39 Å². The SMILES string of the molecule is CCN(CC(=O)N(C)C)C(=O)c1ccc(F)cc1I. The second-order valence-electron chi connectivity index (χ2n) is 4.23. The molecule has 0 aliphatic heterocycles. The maximum absolute atomic E-state index is 13.0. The molecule has 0 spiro atoms. The zero-order valence-corrected chi connectivity index (χ0v) is 13.3. The van der Waals surface area contributed by atoms with Crippen molar-refractivity contribution in [1.82, 2.24) is 9.80 Å². The Labute approximate surface area is 125 Å². The molecule has 0 bridgehead atoms. The van der Waals surface area contributed by atoms with Crippen LogP contribution in [-0.4, -0.2) is 48.8 Å². The van der Waals surface area contributed by atoms with Crippen LogP contribution in [0, 0.1) is 9.39 Å². The Morgan fingerprint density at radius 3 is 2.42 bits per heavy atom. The zero-order valence-electron chi connectivity index (χ0n) is 11.1. The van der Waals surface area contributed by atoms with E-state index in [1.165, 1.54) is 28.0 Å². The summed E-state index contributed by atoms with van der Waals surface area (Å²) in [5, 5.41) is 0. The van der Waals surface area contributed by atoms with Gasteiger partial charge in [0.05, 0.1) is 12.1 Å². The number of nitrogens with zero attached hydrogens (tertiary/aromatic N) is 2. The lowest BCUT2D eigenvalue weighted by Gasteiger charge is -2.22. The Bertz CT molecular complexity index is 492. The minimum absolute atomic E-state index is 0.0236. The number of likely N-dealkylation sites (N-methyl/N-ethyl adjacent to an activating group) is 2. The third-order valence-electron chi connectivity index (χ3n) is 2.66. The standard InChI is InChI=1S/C13H16FIN2O2/c1-4-17(8-12(18)16(2)3)13(19)10-6-5-9(14)7-11(10)15/h5-7H,4,8H2,1-3H3. The van der Waals surface area contributed by atoms with Gasteiger partial charge in [-0.2, -0.15) is 0 Å². The van der Waals surface area contributed by atoms with Crippen molar-refractivity contribution in [3.8, 4) is 0 Å². The molecule has 0 aliphatic rings. The topological polar surface area (TPSA) is 40.6 Å². The Hall–Kier alpha value is -1.18. The van der Waals surface area contributed by atoms with Gasteiger partial charge in [0.15, 0.2) is 0 Å². The molecule has 0 aliphatic carbocycles. The van der Waals surface area contributed by atoms with Crippen molar-refractivity contribution in [3.05, 3.63) is 33.1 Å². The minimum Gasteiger partial charge on any atom is -0.347 e. The second kappa shape index (κ2) is 6.83. The van der Waals surface area contributed by atoms with Gasteiger partial charge in [-0.3, -0.25) is 9.59 Å². The number of hydrogen-bond acceptors (Lipinski definition) is 2. The van der Waals surface area contributed by atoms with E-state index >= 15 is 0 Å². The molecule has 4 nitrogen and oxygen atoms in total. The molecular formula is C13H16FIN2O2. The van der Waals surface area contributed by atoms with E-state index in [2.05, 4.69) is 0 Å². The molecule has 0 N–H and O–H groups in total. The van der Waals surface area contributed by atoms with Crippen LogP contribution in [0.15, 0.2) is 18.2 Å². The molecule has 0 heterocycles. The molecule has 1 aromatic rings. The number of benzene rings is 1. The largest absolute Gasteiger partial charge is 0.347 e. The van der Waals surface area contributed by atoms with Gasteiger partial charge < -0.3 is 9.80 Å². The quantitative estimate of drug-likeness (QED) is 0.752. The summed E-state index contributed by atoms with van der Waals surface area (Å²) in [4.78, 5) is 26.8. The molecule has 0 saturated heterocycles. The Morgan fingerprint density at radius 2 is 1.95 bits per heavy atom. The minimum atomic E-state index is -0.381. The number of rotatable bonds is 4. The third-order valence-corrected chi connectivity index (χ3v) is 3.55. The van der Waals surface area contributed by atoms with Crippen molar-refractivity contribution in [1.29, 1.82) is 0 Å². The molecule has 0 atom stereocenters. The summed E-state index contributed by atoms with van der Waals surface area (Å²) >= 11 is 1.92. The highest BCUT2D eigenvalue weighted by molar-refractivity contribution is 14.1. The number of carbonyl (C=O) groups is 2. The fourth-order valence-corrected chi connectivity index (χ4v) is 2.17. The summed E-state index contributed by atoms with van der Waals surface area (Å²) in [5.74, 6) is -0.789. The monoisotopic (exact) mass is 378 g/mol. The highest BCUT2D eigenvalue weighted by Crippen LogP contribution is 2.16. The summed E-state index contributed by atoms with van der Waals surface area (Å²) in [5.41, 5.74) is 0.412. The van der Waals surface area contributed by atoms with Crippen LogP contribution in [0.3, 0.4) is 0 Å². The lowest BCUT2D eigenvalue weighted by atomic mass is 10.2. The predicted octanol–water partition coefficient (Wildman–Crippen LogP) is 1.98. The van der Waals surface area contributed by atoms with Crippen molar-refractivity contribution in [2.24, 2.45) is 0 Å². The van der Waals surface area contributed by atoms with E-state index in [1.54, 1.807) is 21.0 Å². The molecule has 2 amide bonds. The van der Waals surface area contributed by atoms with Gasteiger partial charge in [0, 0.05) is 24.2 Å². The van der Waals surface area contributed by atoms with Crippen molar-refractivity contribution in [3.63, 3.8) is 0 Å². The lowest BCUT2D eigenvalue weighted by molar-refractivity contribution is -0.129. The van der Waals surface area contributed by atoms with Gasteiger partial charge in [0.2, 0.25) is 5.91 Å². The van der Waals surface area contributed by atoms with Crippen molar-refractivity contribution in [2.45, 2.75) is 6.92 Å². The molecule has 1 rings (SSSR count). The summed E-state index contributed by atoms with van der Waals surface area (Å²) in [6.07, 6.45) is 0. The van der Waals surface area contributed by atoms with Crippen molar-refractivity contribution < 1.29 is 14.0 Å². The lowest BCUT2D eigenvalue weighted by Crippen LogP contribution is -2.40. The van der Waals surface area contributed by atoms with Gasteiger partial charge in [0.25, 0.3) is 5.91 Å². The summed E-state index contributed by atoms with van der Waals surface area (Å²) in [6, 6.07) is 3.99. The predicted molar refractivity (Wildman–Crippen MR) is 79.4 cm³/mol. The Morgan fingerprint density at radius 1 is 1.32 bits per heavy atom. The maximum Gasteiger partial charge on any atom is 0.255 e. The zero-order chi connectivity index (χ0) is 14.6. The first-order valence-corrected chi connectivity index (χ1v) is 6.89. The summed E-state index contributed by atoms with van der Waals surface area (Å²) in [6.45, 7) is 2.25. The highest BCUT2D eigenvalue weighted by atomic mass is 127. The highest BCUT2D eigenvalue weighted by Gasteiger charge is 2.20. The van der Waals surface area contributed by atoms with Crippen molar-refractivity contribution >= 4 is 34.4 Å². The van der Waals surface area contributed by atoms with Crippen LogP contribution in [0.2, 0.25) is 0 Å². The van der Waals surface area contributed by atoms with Crippen LogP contribution < -0.4 is 0 Å². The van der Waals surface area contributed by atoms with Gasteiger partial charge >= 0.3 is 0 Å². The molecular weight excluding hydrogens is 362 g/mol. The number of amides is 2. The molecule has 0 aromatic heterocycles. The fraction of sp³-hybridized carbons (Fsp3) is 0.385. The van der Waals surface area contributed by atoms with E-state index in [4.69, 9.17) is 0 Å². The molecule has 19 heavy (non-hydrogen) atoms. The van der Waals surface area contributed by atoms with E-state index in [9.17, 15) is 14.0 Å². The fourth-order valence-electron chi connectivity index (χ4n) is 1.47. The molecule has 0 saturated carbocycles. The van der Waals surface area contributed by atoms with Gasteiger partial charge in [-0.25, -0.2) is 4.39 Å². The molecule has 0 fully saturated rings. The first kappa shape index (κ1) is 15.9. The summed E-state index contributed by atoms with van der Waals surface area (Å²) < 4.78 is 13.6. The molecule has 6 heteroatoms. The van der Waals surface area contributed by atoms with Crippen LogP contribution in [0.25, 0.3) is 0 Å². The van der Waals surface area contributed by atoms with Gasteiger partial charge in [-0.15, -0.1) is 0 Å². The van der Waals surface area contributed by atoms with Gasteiger partial charge in [0.1, 0.15) is 5.82 Å². The van der Waals surface area contributed by atoms with E-state index in [1.807, 2.05) is 22.6 Å². The smallest absolute Gasteiger partial charge is 0.255 e. The summed E-state index contributed by atoms with van der Waals surface area (Å²) in [7, 11) is 3.28. The first-order chi connectivity index (χ1) is 8.86. The van der Waals surface area contributed by atoms with E-state index in [-0.39, 0.29) is 24.2 Å². The average Bonchev–Trinajstić information content (AvgIpc) is 2.34. The number of hydrogen-bond donors (Lipinski definition) is 0. The maximum atomic E-state index is 13.0. The van der Waals surface area contributed by atoms with Crippen LogP contribution in [-0.2, 0) is 4.79 Å². The van der Waals surface area contributed by atoms with Crippen LogP contribution in [0.1, 0.15) is 17.3 Å². The van der Waals surface area contributed by atoms with Gasteiger partial charge in [-0.05, 0) is 47.7 Å². The first-order valence-electron chi connectivity index (χ1n) is 5.81. The Kier molecular flexibility index (Phi) is 5.71. The molecule has 0 unspecified atom stereocenters. The number of halogens is 2. The molecule has 0 radical (unpaired) electrons. The third kappa shape index (κ3) is 4.15. The van der Waals surface area contributed by atoms with Gasteiger partial charge in [-0.1, -0.05) is 0 Å². The Balaban J connectivity index is 2.92. The van der Waals surface area contributed by atoms with Crippen molar-refractivity contribution in [2.75, 3.05) is 27.2 Å². The van der Waals surface area contributed by atoms with Crippen LogP contribution in [0.5, 0.6) is 0 Å². The second-order valence-corrected chi connectivity index (χ2v) is 5.39. The molecule has 1 aromatic carbocycles. The van der Waals surface area contributed by atoms with E-state index in [0.29, 0.717) is 15.7 Å². The normalized spacial score (nSPS) is 10.2. The molecule has 104 valence electrons. The average molecular weight is 378 g/mol. The van der Waals surface area contributed by atoms with Crippen LogP contribution >= 0.6 is 22.6 Å². The number of carbonyl (C=O) groups excluding carboxylic acids is 2. The van der Waals surface area contributed by atoms with E-state index < -0.39 is 0 Å².